The number of carboxylic acid groups (broad SMARTS) is 1. The molecular formula is C23H32N6O7. The molecule has 0 saturated heterocycles. The number of nitrogens with one attached hydrogen (secondary N) is 4. The van der Waals surface area contributed by atoms with E-state index in [0.717, 1.165) is 10.9 Å². The maximum Gasteiger partial charge on any atom is 0.326 e. The lowest BCUT2D eigenvalue weighted by Crippen LogP contribution is -2.59. The Morgan fingerprint density at radius 2 is 1.61 bits per heavy atom. The van der Waals surface area contributed by atoms with Crippen LogP contribution >= 0.6 is 0 Å². The van der Waals surface area contributed by atoms with E-state index in [1.54, 1.807) is 12.3 Å². The fourth-order valence-electron chi connectivity index (χ4n) is 3.50. The summed E-state index contributed by atoms with van der Waals surface area (Å²) in [6.45, 7) is 2.64. The number of H-pyrrole nitrogens is 1. The summed E-state index contributed by atoms with van der Waals surface area (Å²) in [4.78, 5) is 64.0. The van der Waals surface area contributed by atoms with Crippen molar-refractivity contribution in [2.45, 2.75) is 63.4 Å². The first-order valence-electron chi connectivity index (χ1n) is 11.3. The van der Waals surface area contributed by atoms with Crippen molar-refractivity contribution in [2.24, 2.45) is 11.5 Å². The molecule has 1 heterocycles. The standard InChI is InChI=1S/C23H32N6O7/c1-11(24)20(32)29-19(12(2)30)22(34)27-16(7-8-18(25)31)21(33)28-17(23(35)36)9-13-10-26-15-6-4-3-5-14(13)15/h3-6,10-12,16-17,19,26,30H,7-9,24H2,1-2H3,(H2,25,31)(H,27,34)(H,28,33)(H,29,32)(H,35,36). The average molecular weight is 505 g/mol. The van der Waals surface area contributed by atoms with Crippen LogP contribution in [0.15, 0.2) is 30.5 Å². The van der Waals surface area contributed by atoms with Gasteiger partial charge in [-0.3, -0.25) is 19.2 Å². The van der Waals surface area contributed by atoms with Crippen molar-refractivity contribution in [2.75, 3.05) is 0 Å². The molecule has 10 N–H and O–H groups in total. The number of fused-ring (bicyclic) bond motifs is 1. The topological polar surface area (TPSA) is 230 Å². The van der Waals surface area contributed by atoms with E-state index in [0.29, 0.717) is 5.56 Å². The number of amides is 4. The van der Waals surface area contributed by atoms with E-state index in [2.05, 4.69) is 20.9 Å². The first-order chi connectivity index (χ1) is 16.9. The number of aliphatic carboxylic acids is 1. The van der Waals surface area contributed by atoms with Crippen LogP contribution in [-0.2, 0) is 30.4 Å². The molecule has 4 amide bonds. The van der Waals surface area contributed by atoms with E-state index in [4.69, 9.17) is 11.5 Å². The Labute approximate surface area is 207 Å². The largest absolute Gasteiger partial charge is 0.480 e. The van der Waals surface area contributed by atoms with Crippen LogP contribution in [0.25, 0.3) is 10.9 Å². The van der Waals surface area contributed by atoms with Gasteiger partial charge in [-0.1, -0.05) is 18.2 Å². The maximum atomic E-state index is 13.0. The van der Waals surface area contributed by atoms with E-state index in [1.807, 2.05) is 18.2 Å². The first kappa shape index (κ1) is 28.3. The van der Waals surface area contributed by atoms with Crippen LogP contribution in [0.4, 0.5) is 0 Å². The Bertz CT molecular complexity index is 1110. The number of carbonyl (C=O) groups is 5. The molecule has 1 aromatic heterocycles. The van der Waals surface area contributed by atoms with Crippen molar-refractivity contribution in [3.8, 4) is 0 Å². The molecule has 0 fully saturated rings. The van der Waals surface area contributed by atoms with Crippen molar-refractivity contribution >= 4 is 40.5 Å². The zero-order valence-electron chi connectivity index (χ0n) is 20.0. The van der Waals surface area contributed by atoms with Crippen LogP contribution in [0.5, 0.6) is 0 Å². The number of aliphatic hydroxyl groups is 1. The highest BCUT2D eigenvalue weighted by molar-refractivity contribution is 5.94. The summed E-state index contributed by atoms with van der Waals surface area (Å²) in [6.07, 6.45) is -0.277. The van der Waals surface area contributed by atoms with Crippen molar-refractivity contribution in [1.29, 1.82) is 0 Å². The Morgan fingerprint density at radius 3 is 2.19 bits per heavy atom. The third-order valence-corrected chi connectivity index (χ3v) is 5.50. The summed E-state index contributed by atoms with van der Waals surface area (Å²) in [7, 11) is 0. The van der Waals surface area contributed by atoms with Gasteiger partial charge in [0.05, 0.1) is 12.1 Å². The van der Waals surface area contributed by atoms with Crippen LogP contribution in [-0.4, -0.2) is 75.1 Å². The van der Waals surface area contributed by atoms with Gasteiger partial charge in [0, 0.05) is 29.9 Å². The van der Waals surface area contributed by atoms with Crippen molar-refractivity contribution in [3.05, 3.63) is 36.0 Å². The average Bonchev–Trinajstić information content (AvgIpc) is 3.21. The highest BCUT2D eigenvalue weighted by Gasteiger charge is 2.32. The summed E-state index contributed by atoms with van der Waals surface area (Å²) >= 11 is 0. The van der Waals surface area contributed by atoms with Gasteiger partial charge in [-0.05, 0) is 31.9 Å². The number of nitrogens with two attached hydrogens (primary N) is 2. The number of carboxylic acids is 1. The Morgan fingerprint density at radius 1 is 0.972 bits per heavy atom. The van der Waals surface area contributed by atoms with Gasteiger partial charge in [0.15, 0.2) is 0 Å². The lowest BCUT2D eigenvalue weighted by atomic mass is 10.0. The number of primary amides is 1. The van der Waals surface area contributed by atoms with Crippen LogP contribution in [0.3, 0.4) is 0 Å². The van der Waals surface area contributed by atoms with Gasteiger partial charge < -0.3 is 42.6 Å². The number of carbonyl (C=O) groups excluding carboxylic acids is 4. The molecule has 0 spiro atoms. The van der Waals surface area contributed by atoms with E-state index in [1.165, 1.54) is 13.8 Å². The molecule has 0 bridgehead atoms. The Balaban J connectivity index is 2.20. The molecule has 0 radical (unpaired) electrons. The maximum absolute atomic E-state index is 13.0. The second kappa shape index (κ2) is 12.7. The second-order valence-corrected chi connectivity index (χ2v) is 8.54. The van der Waals surface area contributed by atoms with Gasteiger partial charge in [-0.25, -0.2) is 4.79 Å². The molecule has 0 saturated carbocycles. The van der Waals surface area contributed by atoms with Crippen LogP contribution in [0, 0.1) is 0 Å². The molecule has 5 atom stereocenters. The molecule has 36 heavy (non-hydrogen) atoms. The molecule has 5 unspecified atom stereocenters. The Kier molecular flexibility index (Phi) is 9.93. The van der Waals surface area contributed by atoms with Gasteiger partial charge >= 0.3 is 5.97 Å². The highest BCUT2D eigenvalue weighted by Crippen LogP contribution is 2.19. The van der Waals surface area contributed by atoms with Crippen LogP contribution < -0.4 is 27.4 Å². The lowest BCUT2D eigenvalue weighted by molar-refractivity contribution is -0.142. The van der Waals surface area contributed by atoms with E-state index >= 15 is 0 Å². The quantitative estimate of drug-likeness (QED) is 0.155. The number of aliphatic hydroxyl groups excluding tert-OH is 1. The minimum Gasteiger partial charge on any atom is -0.480 e. The molecule has 13 heteroatoms. The smallest absolute Gasteiger partial charge is 0.326 e. The predicted molar refractivity (Wildman–Crippen MR) is 129 cm³/mol. The van der Waals surface area contributed by atoms with Crippen molar-refractivity contribution in [3.63, 3.8) is 0 Å². The van der Waals surface area contributed by atoms with Crippen molar-refractivity contribution < 1.29 is 34.2 Å². The summed E-state index contributed by atoms with van der Waals surface area (Å²) in [5.41, 5.74) is 12.1. The summed E-state index contributed by atoms with van der Waals surface area (Å²) in [5, 5.41) is 27.5. The summed E-state index contributed by atoms with van der Waals surface area (Å²) < 4.78 is 0. The zero-order chi connectivity index (χ0) is 27.0. The van der Waals surface area contributed by atoms with E-state index in [-0.39, 0.29) is 19.3 Å². The molecule has 2 aromatic rings. The number of hydrogen-bond acceptors (Lipinski definition) is 7. The minimum absolute atomic E-state index is 0.0533. The van der Waals surface area contributed by atoms with Gasteiger partial charge in [-0.2, -0.15) is 0 Å². The molecule has 0 aliphatic rings. The fraction of sp³-hybridized carbons (Fsp3) is 0.435. The number of hydrogen-bond donors (Lipinski definition) is 8. The van der Waals surface area contributed by atoms with Gasteiger partial charge in [0.1, 0.15) is 18.1 Å². The monoisotopic (exact) mass is 504 g/mol. The first-order valence-corrected chi connectivity index (χ1v) is 11.3. The zero-order valence-corrected chi connectivity index (χ0v) is 20.0. The number of benzene rings is 1. The Hall–Kier alpha value is -3.97. The normalized spacial score (nSPS) is 15.2. The number of rotatable bonds is 13. The third kappa shape index (κ3) is 7.78. The summed E-state index contributed by atoms with van der Waals surface area (Å²) in [5.74, 6) is -4.56. The second-order valence-electron chi connectivity index (χ2n) is 8.54. The van der Waals surface area contributed by atoms with Gasteiger partial charge in [-0.15, -0.1) is 0 Å². The molecular weight excluding hydrogens is 472 g/mol. The molecule has 1 aromatic carbocycles. The minimum atomic E-state index is -1.45. The number of para-hydroxylation sites is 1. The predicted octanol–water partition coefficient (Wildman–Crippen LogP) is -1.76. The number of aromatic nitrogens is 1. The van der Waals surface area contributed by atoms with Crippen LogP contribution in [0.1, 0.15) is 32.3 Å². The van der Waals surface area contributed by atoms with E-state index in [9.17, 15) is 34.2 Å². The highest BCUT2D eigenvalue weighted by atomic mass is 16.4. The lowest BCUT2D eigenvalue weighted by Gasteiger charge is -2.26. The molecule has 13 nitrogen and oxygen atoms in total. The molecule has 0 aliphatic carbocycles. The SMILES string of the molecule is CC(N)C(=O)NC(C(=O)NC(CCC(N)=O)C(=O)NC(Cc1c[nH]c2ccccc12)C(=O)O)C(C)O. The molecule has 0 aliphatic heterocycles. The van der Waals surface area contributed by atoms with Crippen molar-refractivity contribution in [1.82, 2.24) is 20.9 Å². The summed E-state index contributed by atoms with van der Waals surface area (Å²) in [6, 6.07) is 2.12. The molecule has 196 valence electrons. The van der Waals surface area contributed by atoms with Gasteiger partial charge in [0.2, 0.25) is 23.6 Å². The molecule has 2 rings (SSSR count). The van der Waals surface area contributed by atoms with Gasteiger partial charge in [0.25, 0.3) is 0 Å². The van der Waals surface area contributed by atoms with E-state index < -0.39 is 59.9 Å². The third-order valence-electron chi connectivity index (χ3n) is 5.50. The van der Waals surface area contributed by atoms with Crippen LogP contribution in [0.2, 0.25) is 0 Å². The number of aromatic amines is 1. The fourth-order valence-corrected chi connectivity index (χ4v) is 3.50.